The van der Waals surface area contributed by atoms with Crippen molar-refractivity contribution in [3.8, 4) is 11.8 Å². The molecule has 0 bridgehead atoms. The monoisotopic (exact) mass is 400 g/mol. The van der Waals surface area contributed by atoms with Crippen molar-refractivity contribution in [2.75, 3.05) is 16.8 Å². The van der Waals surface area contributed by atoms with Crippen LogP contribution in [0.15, 0.2) is 73.1 Å². The summed E-state index contributed by atoms with van der Waals surface area (Å²) in [7, 11) is 0. The summed E-state index contributed by atoms with van der Waals surface area (Å²) in [5.41, 5.74) is 2.42. The van der Waals surface area contributed by atoms with Crippen LogP contribution in [0.2, 0.25) is 0 Å². The van der Waals surface area contributed by atoms with Gasteiger partial charge in [0.1, 0.15) is 5.75 Å². The quantitative estimate of drug-likeness (QED) is 0.631. The molecular weight excluding hydrogens is 380 g/mol. The molecule has 0 radical (unpaired) electrons. The summed E-state index contributed by atoms with van der Waals surface area (Å²) in [6.07, 6.45) is 7.90. The number of nitrogens with one attached hydrogen (secondary N) is 1. The number of hydrogen-bond acceptors (Lipinski definition) is 5. The van der Waals surface area contributed by atoms with Gasteiger partial charge in [0.05, 0.1) is 0 Å². The second-order valence-corrected chi connectivity index (χ2v) is 6.72. The van der Waals surface area contributed by atoms with E-state index in [1.807, 2.05) is 24.3 Å². The number of hydrogen-bond donors (Lipinski definition) is 1. The normalized spacial score (nSPS) is 13.6. The first-order chi connectivity index (χ1) is 14.7. The number of amides is 2. The van der Waals surface area contributed by atoms with Crippen LogP contribution in [-0.4, -0.2) is 28.3 Å². The van der Waals surface area contributed by atoms with E-state index in [1.165, 1.54) is 6.08 Å². The number of nitrogens with zero attached hydrogens (tertiary/aromatic N) is 3. The van der Waals surface area contributed by atoms with Crippen LogP contribution in [0.4, 0.5) is 11.4 Å². The average molecular weight is 400 g/mol. The predicted molar refractivity (Wildman–Crippen MR) is 114 cm³/mol. The van der Waals surface area contributed by atoms with Crippen LogP contribution in [-0.2, 0) is 9.59 Å². The third-order valence-electron chi connectivity index (χ3n) is 4.58. The molecule has 1 aromatic heterocycles. The number of rotatable bonds is 6. The first kappa shape index (κ1) is 19.3. The third-order valence-corrected chi connectivity index (χ3v) is 4.58. The predicted octanol–water partition coefficient (Wildman–Crippen LogP) is 4.05. The van der Waals surface area contributed by atoms with Gasteiger partial charge in [0, 0.05) is 42.8 Å². The molecular formula is C23H20N4O3. The molecule has 0 atom stereocenters. The Morgan fingerprint density at radius 2 is 1.77 bits per heavy atom. The van der Waals surface area contributed by atoms with Crippen LogP contribution >= 0.6 is 0 Å². The molecule has 1 saturated heterocycles. The van der Waals surface area contributed by atoms with Crippen molar-refractivity contribution in [2.45, 2.75) is 12.8 Å². The van der Waals surface area contributed by atoms with Gasteiger partial charge in [0.25, 0.3) is 0 Å². The van der Waals surface area contributed by atoms with Crippen LogP contribution in [0.3, 0.4) is 0 Å². The lowest BCUT2D eigenvalue weighted by molar-refractivity contribution is -0.117. The van der Waals surface area contributed by atoms with E-state index in [2.05, 4.69) is 15.3 Å². The molecule has 0 aliphatic carbocycles. The van der Waals surface area contributed by atoms with Crippen molar-refractivity contribution in [1.29, 1.82) is 0 Å². The molecule has 0 saturated carbocycles. The number of ether oxygens (including phenoxy) is 1. The topological polar surface area (TPSA) is 84.4 Å². The minimum absolute atomic E-state index is 0.158. The largest absolute Gasteiger partial charge is 0.424 e. The fourth-order valence-electron chi connectivity index (χ4n) is 3.09. The molecule has 30 heavy (non-hydrogen) atoms. The Morgan fingerprint density at radius 1 is 1.03 bits per heavy atom. The number of benzene rings is 2. The summed E-state index contributed by atoms with van der Waals surface area (Å²) in [6, 6.07) is 16.5. The van der Waals surface area contributed by atoms with E-state index < -0.39 is 0 Å². The molecule has 1 aliphatic rings. The Balaban J connectivity index is 1.31. The molecule has 1 N–H and O–H groups in total. The highest BCUT2D eigenvalue weighted by Crippen LogP contribution is 2.22. The Kier molecular flexibility index (Phi) is 5.80. The van der Waals surface area contributed by atoms with Gasteiger partial charge in [0.15, 0.2) is 0 Å². The van der Waals surface area contributed by atoms with E-state index in [9.17, 15) is 9.59 Å². The molecule has 2 amide bonds. The highest BCUT2D eigenvalue weighted by molar-refractivity contribution is 6.02. The Morgan fingerprint density at radius 3 is 2.43 bits per heavy atom. The molecule has 3 aromatic rings. The molecule has 1 aliphatic heterocycles. The van der Waals surface area contributed by atoms with Crippen LogP contribution < -0.4 is 15.0 Å². The molecule has 7 nitrogen and oxygen atoms in total. The summed E-state index contributed by atoms with van der Waals surface area (Å²) in [5, 5.41) is 2.80. The molecule has 2 aromatic carbocycles. The molecule has 0 unspecified atom stereocenters. The number of aromatic nitrogens is 2. The number of carbonyl (C=O) groups excluding carboxylic acids is 2. The zero-order valence-electron chi connectivity index (χ0n) is 16.2. The van der Waals surface area contributed by atoms with Gasteiger partial charge in [-0.2, -0.15) is 0 Å². The van der Waals surface area contributed by atoms with Crippen molar-refractivity contribution in [1.82, 2.24) is 9.97 Å². The van der Waals surface area contributed by atoms with Crippen LogP contribution in [0, 0.1) is 0 Å². The van der Waals surface area contributed by atoms with Crippen LogP contribution in [0.25, 0.3) is 6.08 Å². The van der Waals surface area contributed by atoms with E-state index in [1.54, 1.807) is 53.7 Å². The van der Waals surface area contributed by atoms with Gasteiger partial charge in [-0.05, 0) is 60.5 Å². The SMILES string of the molecule is O=C(C=Cc1ccc(N2CCCC2=O)cc1)Nc1ccc(Oc2ncccn2)cc1. The van der Waals surface area contributed by atoms with Crippen molar-refractivity contribution in [3.63, 3.8) is 0 Å². The first-order valence-electron chi connectivity index (χ1n) is 9.62. The van der Waals surface area contributed by atoms with Crippen molar-refractivity contribution in [3.05, 3.63) is 78.6 Å². The number of anilines is 2. The maximum atomic E-state index is 12.2. The maximum Gasteiger partial charge on any atom is 0.321 e. The molecule has 1 fully saturated rings. The fraction of sp³-hybridized carbons (Fsp3) is 0.130. The second kappa shape index (κ2) is 9.00. The molecule has 150 valence electrons. The van der Waals surface area contributed by atoms with Gasteiger partial charge in [-0.15, -0.1) is 0 Å². The minimum Gasteiger partial charge on any atom is -0.424 e. The second-order valence-electron chi connectivity index (χ2n) is 6.72. The molecule has 4 rings (SSSR count). The van der Waals surface area contributed by atoms with Gasteiger partial charge in [-0.1, -0.05) is 12.1 Å². The summed E-state index contributed by atoms with van der Waals surface area (Å²) in [5.74, 6) is 0.491. The van der Waals surface area contributed by atoms with Gasteiger partial charge in [-0.3, -0.25) is 9.59 Å². The van der Waals surface area contributed by atoms with Gasteiger partial charge in [-0.25, -0.2) is 9.97 Å². The van der Waals surface area contributed by atoms with Gasteiger partial charge >= 0.3 is 6.01 Å². The van der Waals surface area contributed by atoms with E-state index in [0.717, 1.165) is 24.2 Å². The van der Waals surface area contributed by atoms with Crippen LogP contribution in [0.1, 0.15) is 18.4 Å². The Hall–Kier alpha value is -4.00. The molecule has 2 heterocycles. The summed E-state index contributed by atoms with van der Waals surface area (Å²) >= 11 is 0. The lowest BCUT2D eigenvalue weighted by Gasteiger charge is -2.15. The summed E-state index contributed by atoms with van der Waals surface area (Å²) in [6.45, 7) is 0.763. The maximum absolute atomic E-state index is 12.2. The first-order valence-corrected chi connectivity index (χ1v) is 9.62. The van der Waals surface area contributed by atoms with E-state index in [4.69, 9.17) is 4.74 Å². The standard InChI is InChI=1S/C23H20N4O3/c28-21(13-6-17-4-9-19(10-5-17)27-16-1-3-22(27)29)26-18-7-11-20(12-8-18)30-23-24-14-2-15-25-23/h2,4-15H,1,3,16H2,(H,26,28). The highest BCUT2D eigenvalue weighted by atomic mass is 16.5. The zero-order chi connectivity index (χ0) is 20.8. The number of carbonyl (C=O) groups is 2. The minimum atomic E-state index is -0.242. The van der Waals surface area contributed by atoms with Crippen molar-refractivity contribution in [2.24, 2.45) is 0 Å². The Labute approximate surface area is 174 Å². The third kappa shape index (κ3) is 4.88. The van der Waals surface area contributed by atoms with Gasteiger partial charge in [0.2, 0.25) is 11.8 Å². The fourth-order valence-corrected chi connectivity index (χ4v) is 3.09. The van der Waals surface area contributed by atoms with E-state index >= 15 is 0 Å². The highest BCUT2D eigenvalue weighted by Gasteiger charge is 2.21. The zero-order valence-corrected chi connectivity index (χ0v) is 16.2. The lowest BCUT2D eigenvalue weighted by atomic mass is 10.2. The Bertz CT molecular complexity index is 1050. The average Bonchev–Trinajstić information content (AvgIpc) is 3.21. The van der Waals surface area contributed by atoms with Gasteiger partial charge < -0.3 is 15.0 Å². The van der Waals surface area contributed by atoms with Crippen LogP contribution in [0.5, 0.6) is 11.8 Å². The lowest BCUT2D eigenvalue weighted by Crippen LogP contribution is -2.23. The smallest absolute Gasteiger partial charge is 0.321 e. The molecule has 0 spiro atoms. The summed E-state index contributed by atoms with van der Waals surface area (Å²) in [4.78, 5) is 33.8. The van der Waals surface area contributed by atoms with E-state index in [0.29, 0.717) is 17.9 Å². The molecule has 7 heteroatoms. The summed E-state index contributed by atoms with van der Waals surface area (Å²) < 4.78 is 5.52. The van der Waals surface area contributed by atoms with Crippen molar-refractivity contribution < 1.29 is 14.3 Å². The van der Waals surface area contributed by atoms with Crippen molar-refractivity contribution >= 4 is 29.3 Å². The van der Waals surface area contributed by atoms with E-state index in [-0.39, 0.29) is 17.8 Å².